The highest BCUT2D eigenvalue weighted by molar-refractivity contribution is 7.92. The summed E-state index contributed by atoms with van der Waals surface area (Å²) in [5.41, 5.74) is 1.11. The van der Waals surface area contributed by atoms with Crippen LogP contribution in [0.3, 0.4) is 0 Å². The van der Waals surface area contributed by atoms with Crippen molar-refractivity contribution < 1.29 is 21.6 Å². The predicted molar refractivity (Wildman–Crippen MR) is 158 cm³/mol. The Hall–Kier alpha value is -3.31. The molecule has 2 N–H and O–H groups in total. The van der Waals surface area contributed by atoms with E-state index in [2.05, 4.69) is 10.0 Å². The molecule has 204 valence electrons. The summed E-state index contributed by atoms with van der Waals surface area (Å²) in [6.07, 6.45) is 1.28. The summed E-state index contributed by atoms with van der Waals surface area (Å²) in [6.45, 7) is 0.0172. The summed E-state index contributed by atoms with van der Waals surface area (Å²) in [6, 6.07) is 23.1. The van der Waals surface area contributed by atoms with E-state index in [-0.39, 0.29) is 40.9 Å². The summed E-state index contributed by atoms with van der Waals surface area (Å²) in [5, 5.41) is 4.94. The van der Waals surface area contributed by atoms with Crippen LogP contribution in [0.25, 0.3) is 10.8 Å². The number of carbonyl (C=O) groups is 1. The number of benzene rings is 4. The maximum absolute atomic E-state index is 13.0. The summed E-state index contributed by atoms with van der Waals surface area (Å²) < 4.78 is 54.3. The minimum Gasteiger partial charge on any atom is -0.326 e. The Labute approximate surface area is 237 Å². The number of halogens is 2. The van der Waals surface area contributed by atoms with Gasteiger partial charge in [0.15, 0.2) is 0 Å². The number of anilines is 3. The van der Waals surface area contributed by atoms with E-state index in [0.717, 1.165) is 21.3 Å². The number of nitrogens with one attached hydrogen (secondary N) is 2. The SMILES string of the molecule is CS(=O)(=O)N(CCCC(=O)Nc1ccc(S(=O)(=O)Nc2cccc3ccccc23)cc1)c1cc(Cl)ccc1Cl. The maximum atomic E-state index is 13.0. The van der Waals surface area contributed by atoms with Crippen LogP contribution in [0.4, 0.5) is 17.1 Å². The van der Waals surface area contributed by atoms with Crippen molar-refractivity contribution in [2.24, 2.45) is 0 Å². The fourth-order valence-electron chi connectivity index (χ4n) is 3.98. The second kappa shape index (κ2) is 11.8. The molecule has 0 spiro atoms. The number of rotatable bonds is 10. The Morgan fingerprint density at radius 1 is 0.872 bits per heavy atom. The van der Waals surface area contributed by atoms with Crippen LogP contribution in [0, 0.1) is 0 Å². The fraction of sp³-hybridized carbons (Fsp3) is 0.148. The van der Waals surface area contributed by atoms with E-state index in [4.69, 9.17) is 23.2 Å². The third-order valence-corrected chi connectivity index (χ3v) is 8.94. The molecule has 0 heterocycles. The smallest absolute Gasteiger partial charge is 0.261 e. The number of hydrogen-bond donors (Lipinski definition) is 2. The molecule has 0 saturated heterocycles. The average Bonchev–Trinajstić information content (AvgIpc) is 2.88. The number of nitrogens with zero attached hydrogens (tertiary/aromatic N) is 1. The van der Waals surface area contributed by atoms with Gasteiger partial charge in [0.2, 0.25) is 15.9 Å². The standard InChI is InChI=1S/C27H25Cl2N3O5S2/c1-38(34,35)32(26-18-20(28)11-16-24(26)29)17-5-10-27(33)30-21-12-14-22(15-13-21)39(36,37)31-25-9-4-7-19-6-2-3-8-23(19)25/h2-4,6-9,11-16,18,31H,5,10,17H2,1H3,(H,30,33). The average molecular weight is 607 g/mol. The molecule has 0 aliphatic rings. The second-order valence-electron chi connectivity index (χ2n) is 8.74. The minimum atomic E-state index is -3.87. The van der Waals surface area contributed by atoms with Gasteiger partial charge in [0.1, 0.15) is 0 Å². The van der Waals surface area contributed by atoms with E-state index >= 15 is 0 Å². The highest BCUT2D eigenvalue weighted by Gasteiger charge is 2.21. The van der Waals surface area contributed by atoms with E-state index in [0.29, 0.717) is 16.4 Å². The summed E-state index contributed by atoms with van der Waals surface area (Å²) in [5.74, 6) is -0.356. The van der Waals surface area contributed by atoms with Crippen LogP contribution in [-0.2, 0) is 24.8 Å². The topological polar surface area (TPSA) is 113 Å². The van der Waals surface area contributed by atoms with Gasteiger partial charge in [-0.2, -0.15) is 0 Å². The van der Waals surface area contributed by atoms with Crippen molar-refractivity contribution in [2.75, 3.05) is 27.1 Å². The molecule has 4 aromatic carbocycles. The second-order valence-corrected chi connectivity index (χ2v) is 13.2. The minimum absolute atomic E-state index is 0.0172. The zero-order valence-corrected chi connectivity index (χ0v) is 23.9. The first-order valence-electron chi connectivity index (χ1n) is 11.8. The Bertz CT molecular complexity index is 1720. The molecule has 0 aliphatic heterocycles. The van der Waals surface area contributed by atoms with Gasteiger partial charge >= 0.3 is 0 Å². The lowest BCUT2D eigenvalue weighted by atomic mass is 10.1. The molecule has 4 rings (SSSR count). The molecule has 39 heavy (non-hydrogen) atoms. The molecule has 0 radical (unpaired) electrons. The van der Waals surface area contributed by atoms with Crippen molar-refractivity contribution in [1.29, 1.82) is 0 Å². The van der Waals surface area contributed by atoms with Crippen molar-refractivity contribution in [2.45, 2.75) is 17.7 Å². The Morgan fingerprint density at radius 3 is 2.28 bits per heavy atom. The van der Waals surface area contributed by atoms with Crippen molar-refractivity contribution in [1.82, 2.24) is 0 Å². The number of carbonyl (C=O) groups excluding carboxylic acids is 1. The largest absolute Gasteiger partial charge is 0.326 e. The van der Waals surface area contributed by atoms with Crippen molar-refractivity contribution in [3.63, 3.8) is 0 Å². The molecular formula is C27H25Cl2N3O5S2. The molecular weight excluding hydrogens is 581 g/mol. The van der Waals surface area contributed by atoms with Gasteiger partial charge in [-0.15, -0.1) is 0 Å². The number of hydrogen-bond acceptors (Lipinski definition) is 5. The van der Waals surface area contributed by atoms with Gasteiger partial charge in [0, 0.05) is 29.1 Å². The van der Waals surface area contributed by atoms with Crippen molar-refractivity contribution >= 4 is 77.0 Å². The third-order valence-electron chi connectivity index (χ3n) is 5.82. The van der Waals surface area contributed by atoms with Crippen LogP contribution >= 0.6 is 23.2 Å². The van der Waals surface area contributed by atoms with E-state index in [1.165, 1.54) is 36.4 Å². The van der Waals surface area contributed by atoms with Crippen LogP contribution in [0.1, 0.15) is 12.8 Å². The van der Waals surface area contributed by atoms with Crippen LogP contribution < -0.4 is 14.3 Å². The lowest BCUT2D eigenvalue weighted by Crippen LogP contribution is -2.31. The monoisotopic (exact) mass is 605 g/mol. The molecule has 0 atom stereocenters. The lowest BCUT2D eigenvalue weighted by Gasteiger charge is -2.23. The molecule has 0 aromatic heterocycles. The van der Waals surface area contributed by atoms with Gasteiger partial charge in [-0.1, -0.05) is 59.6 Å². The van der Waals surface area contributed by atoms with Crippen LogP contribution in [0.5, 0.6) is 0 Å². The zero-order valence-electron chi connectivity index (χ0n) is 20.8. The molecule has 0 saturated carbocycles. The molecule has 0 bridgehead atoms. The molecule has 0 unspecified atom stereocenters. The highest BCUT2D eigenvalue weighted by Crippen LogP contribution is 2.31. The molecule has 0 aliphatic carbocycles. The third kappa shape index (κ3) is 7.21. The van der Waals surface area contributed by atoms with Gasteiger partial charge in [-0.25, -0.2) is 16.8 Å². The quantitative estimate of drug-likeness (QED) is 0.226. The zero-order chi connectivity index (χ0) is 28.2. The first-order valence-corrected chi connectivity index (χ1v) is 15.9. The van der Waals surface area contributed by atoms with E-state index in [1.807, 2.05) is 30.3 Å². The van der Waals surface area contributed by atoms with Gasteiger partial charge < -0.3 is 5.32 Å². The van der Waals surface area contributed by atoms with Crippen LogP contribution in [0.2, 0.25) is 10.0 Å². The van der Waals surface area contributed by atoms with Crippen LogP contribution in [0.15, 0.2) is 89.8 Å². The van der Waals surface area contributed by atoms with Crippen molar-refractivity contribution in [3.8, 4) is 0 Å². The van der Waals surface area contributed by atoms with Crippen molar-refractivity contribution in [3.05, 3.63) is 95.0 Å². The summed E-state index contributed by atoms with van der Waals surface area (Å²) in [4.78, 5) is 12.5. The first kappa shape index (κ1) is 28.7. The Kier molecular flexibility index (Phi) is 8.70. The van der Waals surface area contributed by atoms with E-state index in [9.17, 15) is 21.6 Å². The Balaban J connectivity index is 1.37. The number of sulfonamides is 2. The molecule has 12 heteroatoms. The van der Waals surface area contributed by atoms with Crippen LogP contribution in [-0.4, -0.2) is 35.5 Å². The van der Waals surface area contributed by atoms with Gasteiger partial charge in [0.25, 0.3) is 10.0 Å². The maximum Gasteiger partial charge on any atom is 0.261 e. The molecule has 0 fully saturated rings. The van der Waals surface area contributed by atoms with E-state index < -0.39 is 20.0 Å². The van der Waals surface area contributed by atoms with Gasteiger partial charge in [-0.3, -0.25) is 13.8 Å². The lowest BCUT2D eigenvalue weighted by molar-refractivity contribution is -0.116. The van der Waals surface area contributed by atoms with E-state index in [1.54, 1.807) is 18.2 Å². The highest BCUT2D eigenvalue weighted by atomic mass is 35.5. The summed E-state index contributed by atoms with van der Waals surface area (Å²) >= 11 is 12.2. The number of amides is 1. The Morgan fingerprint density at radius 2 is 1.56 bits per heavy atom. The van der Waals surface area contributed by atoms with Gasteiger partial charge in [0.05, 0.1) is 27.5 Å². The molecule has 8 nitrogen and oxygen atoms in total. The normalized spacial score (nSPS) is 11.8. The van der Waals surface area contributed by atoms with Gasteiger partial charge in [-0.05, 0) is 60.3 Å². The number of fused-ring (bicyclic) bond motifs is 1. The molecule has 4 aromatic rings. The molecule has 1 amide bonds. The predicted octanol–water partition coefficient (Wildman–Crippen LogP) is 6.13. The summed E-state index contributed by atoms with van der Waals surface area (Å²) in [7, 11) is -7.54. The first-order chi connectivity index (χ1) is 18.4. The fourth-order valence-corrected chi connectivity index (χ4v) is 6.47.